The maximum absolute atomic E-state index is 11.1. The number of aromatic nitrogens is 1. The summed E-state index contributed by atoms with van der Waals surface area (Å²) in [7, 11) is 0. The molecule has 0 aromatic carbocycles. The molecule has 0 amide bonds. The van der Waals surface area contributed by atoms with Gasteiger partial charge in [-0.3, -0.25) is 0 Å². The maximum atomic E-state index is 11.1. The standard InChI is InChI=1S/C8H9NO2/c10-8(11-7-1-2-7)6-3-4-9-5-6/h3-5,7,9H,1-2H2. The van der Waals surface area contributed by atoms with Crippen LogP contribution in [0.4, 0.5) is 0 Å². The summed E-state index contributed by atoms with van der Waals surface area (Å²) in [6.07, 6.45) is 5.60. The average molecular weight is 151 g/mol. The largest absolute Gasteiger partial charge is 0.459 e. The van der Waals surface area contributed by atoms with Gasteiger partial charge in [0.1, 0.15) is 6.10 Å². The molecular weight excluding hydrogens is 142 g/mol. The summed E-state index contributed by atoms with van der Waals surface area (Å²) < 4.78 is 5.05. The Bertz CT molecular complexity index is 249. The molecule has 11 heavy (non-hydrogen) atoms. The molecule has 0 saturated heterocycles. The third kappa shape index (κ3) is 1.42. The lowest BCUT2D eigenvalue weighted by molar-refractivity contribution is 0.0472. The Morgan fingerprint density at radius 1 is 1.64 bits per heavy atom. The van der Waals surface area contributed by atoms with Crippen LogP contribution in [0, 0.1) is 0 Å². The van der Waals surface area contributed by atoms with Crippen LogP contribution in [0.15, 0.2) is 18.5 Å². The fourth-order valence-corrected chi connectivity index (χ4v) is 0.856. The van der Waals surface area contributed by atoms with Gasteiger partial charge in [-0.2, -0.15) is 0 Å². The van der Waals surface area contributed by atoms with E-state index < -0.39 is 0 Å². The molecule has 1 heterocycles. The lowest BCUT2D eigenvalue weighted by Gasteiger charge is -1.98. The average Bonchev–Trinajstić information content (AvgIpc) is 2.67. The zero-order chi connectivity index (χ0) is 7.68. The number of ether oxygens (including phenoxy) is 1. The van der Waals surface area contributed by atoms with Crippen molar-refractivity contribution in [3.8, 4) is 0 Å². The molecule has 1 N–H and O–H groups in total. The summed E-state index contributed by atoms with van der Waals surface area (Å²) in [5.74, 6) is -0.214. The van der Waals surface area contributed by atoms with Crippen LogP contribution in [0.1, 0.15) is 23.2 Å². The van der Waals surface area contributed by atoms with Crippen molar-refractivity contribution >= 4 is 5.97 Å². The normalized spacial score (nSPS) is 16.4. The fraction of sp³-hybridized carbons (Fsp3) is 0.375. The van der Waals surface area contributed by atoms with Gasteiger partial charge in [-0.25, -0.2) is 4.79 Å². The Morgan fingerprint density at radius 3 is 3.00 bits per heavy atom. The second kappa shape index (κ2) is 2.42. The fourth-order valence-electron chi connectivity index (χ4n) is 0.856. The van der Waals surface area contributed by atoms with Crippen molar-refractivity contribution in [1.29, 1.82) is 0 Å². The SMILES string of the molecule is O=C(OC1CC1)c1cc[nH]c1. The van der Waals surface area contributed by atoms with E-state index in [2.05, 4.69) is 4.98 Å². The van der Waals surface area contributed by atoms with E-state index in [0.717, 1.165) is 12.8 Å². The quantitative estimate of drug-likeness (QED) is 0.648. The number of aromatic amines is 1. The third-order valence-electron chi connectivity index (χ3n) is 1.63. The van der Waals surface area contributed by atoms with E-state index in [9.17, 15) is 4.79 Å². The molecule has 2 rings (SSSR count). The smallest absolute Gasteiger partial charge is 0.339 e. The number of esters is 1. The summed E-state index contributed by atoms with van der Waals surface area (Å²) in [5.41, 5.74) is 0.608. The molecular formula is C8H9NO2. The Balaban J connectivity index is 1.99. The molecule has 0 bridgehead atoms. The van der Waals surface area contributed by atoms with Crippen molar-refractivity contribution in [1.82, 2.24) is 4.98 Å². The van der Waals surface area contributed by atoms with Crippen molar-refractivity contribution in [2.24, 2.45) is 0 Å². The number of hydrogen-bond donors (Lipinski definition) is 1. The molecule has 1 aromatic rings. The van der Waals surface area contributed by atoms with Gasteiger partial charge in [-0.1, -0.05) is 0 Å². The van der Waals surface area contributed by atoms with Gasteiger partial charge < -0.3 is 9.72 Å². The summed E-state index contributed by atoms with van der Waals surface area (Å²) in [6.45, 7) is 0. The van der Waals surface area contributed by atoms with E-state index >= 15 is 0 Å². The second-order valence-corrected chi connectivity index (χ2v) is 2.70. The first-order valence-corrected chi connectivity index (χ1v) is 3.70. The molecule has 1 fully saturated rings. The molecule has 1 aliphatic carbocycles. The zero-order valence-corrected chi connectivity index (χ0v) is 6.04. The summed E-state index contributed by atoms with van der Waals surface area (Å²) in [5, 5.41) is 0. The Kier molecular flexibility index (Phi) is 1.42. The highest BCUT2D eigenvalue weighted by atomic mass is 16.5. The number of H-pyrrole nitrogens is 1. The summed E-state index contributed by atoms with van der Waals surface area (Å²) >= 11 is 0. The van der Waals surface area contributed by atoms with E-state index in [0.29, 0.717) is 5.56 Å². The molecule has 3 nitrogen and oxygen atoms in total. The Hall–Kier alpha value is -1.25. The molecule has 58 valence electrons. The number of carbonyl (C=O) groups is 1. The molecule has 0 spiro atoms. The first kappa shape index (κ1) is 6.46. The number of nitrogens with one attached hydrogen (secondary N) is 1. The summed E-state index contributed by atoms with van der Waals surface area (Å²) in [6, 6.07) is 1.71. The van der Waals surface area contributed by atoms with Crippen LogP contribution in [0.25, 0.3) is 0 Å². The third-order valence-corrected chi connectivity index (χ3v) is 1.63. The highest BCUT2D eigenvalue weighted by Crippen LogP contribution is 2.24. The van der Waals surface area contributed by atoms with E-state index in [1.807, 2.05) is 0 Å². The lowest BCUT2D eigenvalue weighted by Crippen LogP contribution is -2.04. The Morgan fingerprint density at radius 2 is 2.45 bits per heavy atom. The van der Waals surface area contributed by atoms with Crippen molar-refractivity contribution in [2.75, 3.05) is 0 Å². The molecule has 0 unspecified atom stereocenters. The van der Waals surface area contributed by atoms with Crippen LogP contribution >= 0.6 is 0 Å². The van der Waals surface area contributed by atoms with Crippen LogP contribution in [0.5, 0.6) is 0 Å². The van der Waals surface area contributed by atoms with Gasteiger partial charge in [-0.15, -0.1) is 0 Å². The Labute approximate surface area is 64.4 Å². The highest BCUT2D eigenvalue weighted by molar-refractivity contribution is 5.89. The molecule has 0 aliphatic heterocycles. The molecule has 3 heteroatoms. The van der Waals surface area contributed by atoms with Crippen LogP contribution in [0.2, 0.25) is 0 Å². The van der Waals surface area contributed by atoms with E-state index in [1.165, 1.54) is 0 Å². The molecule has 1 saturated carbocycles. The first-order valence-electron chi connectivity index (χ1n) is 3.70. The van der Waals surface area contributed by atoms with Crippen LogP contribution < -0.4 is 0 Å². The number of hydrogen-bond acceptors (Lipinski definition) is 2. The molecule has 0 atom stereocenters. The molecule has 0 radical (unpaired) electrons. The van der Waals surface area contributed by atoms with Gasteiger partial charge in [0.2, 0.25) is 0 Å². The zero-order valence-electron chi connectivity index (χ0n) is 6.04. The minimum absolute atomic E-state index is 0.192. The van der Waals surface area contributed by atoms with Gasteiger partial charge in [-0.05, 0) is 18.9 Å². The molecule has 1 aromatic heterocycles. The highest BCUT2D eigenvalue weighted by Gasteiger charge is 2.26. The summed E-state index contributed by atoms with van der Waals surface area (Å²) in [4.78, 5) is 13.9. The van der Waals surface area contributed by atoms with Gasteiger partial charge >= 0.3 is 5.97 Å². The second-order valence-electron chi connectivity index (χ2n) is 2.70. The maximum Gasteiger partial charge on any atom is 0.339 e. The lowest BCUT2D eigenvalue weighted by atomic mass is 10.3. The first-order chi connectivity index (χ1) is 5.36. The van der Waals surface area contributed by atoms with E-state index in [-0.39, 0.29) is 12.1 Å². The van der Waals surface area contributed by atoms with Crippen molar-refractivity contribution in [2.45, 2.75) is 18.9 Å². The van der Waals surface area contributed by atoms with Crippen molar-refractivity contribution in [3.05, 3.63) is 24.0 Å². The van der Waals surface area contributed by atoms with Crippen LogP contribution in [-0.2, 0) is 4.74 Å². The van der Waals surface area contributed by atoms with Gasteiger partial charge in [0.25, 0.3) is 0 Å². The van der Waals surface area contributed by atoms with Crippen LogP contribution in [-0.4, -0.2) is 17.1 Å². The van der Waals surface area contributed by atoms with E-state index in [4.69, 9.17) is 4.74 Å². The number of rotatable bonds is 2. The number of carbonyl (C=O) groups excluding carboxylic acids is 1. The minimum Gasteiger partial charge on any atom is -0.459 e. The minimum atomic E-state index is -0.214. The van der Waals surface area contributed by atoms with Gasteiger partial charge in [0.15, 0.2) is 0 Å². The topological polar surface area (TPSA) is 42.1 Å². The monoisotopic (exact) mass is 151 g/mol. The van der Waals surface area contributed by atoms with Gasteiger partial charge in [0, 0.05) is 12.4 Å². The van der Waals surface area contributed by atoms with Crippen molar-refractivity contribution < 1.29 is 9.53 Å². The van der Waals surface area contributed by atoms with Crippen molar-refractivity contribution in [3.63, 3.8) is 0 Å². The predicted octanol–water partition coefficient (Wildman–Crippen LogP) is 1.33. The predicted molar refractivity (Wildman–Crippen MR) is 39.2 cm³/mol. The van der Waals surface area contributed by atoms with E-state index in [1.54, 1.807) is 18.5 Å². The molecule has 1 aliphatic rings. The van der Waals surface area contributed by atoms with Gasteiger partial charge in [0.05, 0.1) is 5.56 Å². The van der Waals surface area contributed by atoms with Crippen LogP contribution in [0.3, 0.4) is 0 Å².